The molecule has 184 valence electrons. The van der Waals surface area contributed by atoms with Crippen LogP contribution in [-0.2, 0) is 21.4 Å². The molecule has 3 fully saturated rings. The van der Waals surface area contributed by atoms with Gasteiger partial charge in [0.1, 0.15) is 0 Å². The second-order valence-electron chi connectivity index (χ2n) is 9.61. The van der Waals surface area contributed by atoms with Crippen molar-refractivity contribution in [2.24, 2.45) is 13.0 Å². The van der Waals surface area contributed by atoms with Crippen LogP contribution in [-0.4, -0.2) is 70.8 Å². The molecule has 1 saturated carbocycles. The van der Waals surface area contributed by atoms with Gasteiger partial charge in [0.25, 0.3) is 6.47 Å². The lowest BCUT2D eigenvalue weighted by Crippen LogP contribution is -2.48. The van der Waals surface area contributed by atoms with Crippen molar-refractivity contribution in [2.75, 3.05) is 37.6 Å². The Balaban J connectivity index is 0.000000868. The summed E-state index contributed by atoms with van der Waals surface area (Å²) in [5.74, 6) is 0.133. The zero-order valence-corrected chi connectivity index (χ0v) is 19.9. The maximum absolute atomic E-state index is 12.4. The number of benzene rings is 1. The Bertz CT molecular complexity index is 1020. The summed E-state index contributed by atoms with van der Waals surface area (Å²) in [6, 6.07) is 6.47. The second kappa shape index (κ2) is 11.0. The van der Waals surface area contributed by atoms with Crippen molar-refractivity contribution in [3.05, 3.63) is 23.9 Å². The summed E-state index contributed by atoms with van der Waals surface area (Å²) < 4.78 is 1.87. The first-order chi connectivity index (χ1) is 16.5. The number of fused-ring (bicyclic) bond motifs is 1. The van der Waals surface area contributed by atoms with Gasteiger partial charge in [-0.1, -0.05) is 19.3 Å². The Morgan fingerprint density at radius 2 is 1.79 bits per heavy atom. The highest BCUT2D eigenvalue weighted by Crippen LogP contribution is 2.32. The molecule has 34 heavy (non-hydrogen) atoms. The van der Waals surface area contributed by atoms with Crippen LogP contribution in [0.2, 0.25) is 0 Å². The number of nitrogens with one attached hydrogen (secondary N) is 1. The first kappa shape index (κ1) is 24.2. The van der Waals surface area contributed by atoms with Gasteiger partial charge in [0.05, 0.1) is 17.1 Å². The fraction of sp³-hybridized carbons (Fsp3) is 0.600. The van der Waals surface area contributed by atoms with Crippen LogP contribution in [0.25, 0.3) is 10.9 Å². The molecular formula is C25H35N5O4. The first-order valence-electron chi connectivity index (χ1n) is 12.4. The Morgan fingerprint density at radius 1 is 1.09 bits per heavy atom. The largest absolute Gasteiger partial charge is 0.483 e. The molecule has 3 heterocycles. The predicted octanol–water partition coefficient (Wildman–Crippen LogP) is 2.50. The number of nitrogens with zero attached hydrogens (tertiary/aromatic N) is 4. The van der Waals surface area contributed by atoms with Gasteiger partial charge >= 0.3 is 0 Å². The predicted molar refractivity (Wildman–Crippen MR) is 130 cm³/mol. The third-order valence-electron chi connectivity index (χ3n) is 7.41. The topological polar surface area (TPSA) is 108 Å². The molecule has 3 aliphatic rings. The molecule has 0 radical (unpaired) electrons. The minimum absolute atomic E-state index is 0.189. The average molecular weight is 470 g/mol. The Labute approximate surface area is 200 Å². The van der Waals surface area contributed by atoms with E-state index in [0.29, 0.717) is 12.8 Å². The highest BCUT2D eigenvalue weighted by atomic mass is 16.3. The van der Waals surface area contributed by atoms with Crippen molar-refractivity contribution >= 4 is 34.9 Å². The molecule has 9 nitrogen and oxygen atoms in total. The maximum Gasteiger partial charge on any atom is 0.290 e. The number of aromatic nitrogens is 2. The van der Waals surface area contributed by atoms with Gasteiger partial charge in [0.15, 0.2) is 0 Å². The number of hydrogen-bond donors (Lipinski definition) is 2. The van der Waals surface area contributed by atoms with Gasteiger partial charge in [-0.3, -0.25) is 29.3 Å². The van der Waals surface area contributed by atoms with Crippen LogP contribution < -0.4 is 10.2 Å². The molecule has 2 N–H and O–H groups in total. The lowest BCUT2D eigenvalue weighted by Gasteiger charge is -2.38. The first-order valence-corrected chi connectivity index (χ1v) is 12.4. The van der Waals surface area contributed by atoms with Gasteiger partial charge in [0.2, 0.25) is 11.8 Å². The Kier molecular flexibility index (Phi) is 7.82. The molecular weight excluding hydrogens is 434 g/mol. The number of carbonyl (C=O) groups is 3. The van der Waals surface area contributed by atoms with E-state index < -0.39 is 0 Å². The van der Waals surface area contributed by atoms with E-state index in [-0.39, 0.29) is 24.2 Å². The molecule has 5 rings (SSSR count). The highest BCUT2D eigenvalue weighted by Gasteiger charge is 2.32. The fourth-order valence-electron chi connectivity index (χ4n) is 5.61. The number of rotatable bonds is 4. The molecule has 2 aromatic rings. The van der Waals surface area contributed by atoms with E-state index in [9.17, 15) is 9.59 Å². The van der Waals surface area contributed by atoms with Crippen LogP contribution in [0.4, 0.5) is 5.69 Å². The summed E-state index contributed by atoms with van der Waals surface area (Å²) in [5, 5.41) is 15.0. The van der Waals surface area contributed by atoms with Crippen molar-refractivity contribution in [1.29, 1.82) is 0 Å². The molecule has 1 aromatic carbocycles. The molecule has 2 amide bonds. The molecule has 1 atom stereocenters. The standard InChI is InChI=1S/C24H33N5O2.CH2O2/c1-27-21-15-18(29-13-11-28(12-14-29)16-17-5-3-2-4-6-17)7-8-19(21)23(26-27)20-9-10-22(30)25-24(20)31;2-1-3/h7-8,15,17,20H,2-6,9-14,16H2,1H3,(H,25,30,31);1H,(H,2,3). The van der Waals surface area contributed by atoms with Crippen molar-refractivity contribution in [2.45, 2.75) is 50.9 Å². The van der Waals surface area contributed by atoms with E-state index in [4.69, 9.17) is 9.90 Å². The zero-order valence-electron chi connectivity index (χ0n) is 19.9. The average Bonchev–Trinajstić information content (AvgIpc) is 3.16. The summed E-state index contributed by atoms with van der Waals surface area (Å²) in [7, 11) is 1.93. The minimum Gasteiger partial charge on any atom is -0.483 e. The van der Waals surface area contributed by atoms with E-state index in [1.165, 1.54) is 44.3 Å². The summed E-state index contributed by atoms with van der Waals surface area (Å²) in [6.45, 7) is 5.37. The highest BCUT2D eigenvalue weighted by molar-refractivity contribution is 6.02. The lowest BCUT2D eigenvalue weighted by atomic mass is 9.89. The minimum atomic E-state index is -0.351. The number of carboxylic acid groups (broad SMARTS) is 1. The molecule has 1 aliphatic carbocycles. The normalized spacial score (nSPS) is 22.3. The Morgan fingerprint density at radius 3 is 2.47 bits per heavy atom. The molecule has 2 saturated heterocycles. The summed E-state index contributed by atoms with van der Waals surface area (Å²) in [4.78, 5) is 37.3. The molecule has 2 aliphatic heterocycles. The van der Waals surface area contributed by atoms with Gasteiger partial charge < -0.3 is 10.0 Å². The van der Waals surface area contributed by atoms with E-state index >= 15 is 0 Å². The summed E-state index contributed by atoms with van der Waals surface area (Å²) >= 11 is 0. The number of imide groups is 1. The van der Waals surface area contributed by atoms with Crippen LogP contribution >= 0.6 is 0 Å². The van der Waals surface area contributed by atoms with Gasteiger partial charge in [-0.2, -0.15) is 5.10 Å². The number of amides is 2. The van der Waals surface area contributed by atoms with Crippen molar-refractivity contribution in [3.8, 4) is 0 Å². The van der Waals surface area contributed by atoms with Gasteiger partial charge in [0, 0.05) is 57.3 Å². The van der Waals surface area contributed by atoms with Crippen LogP contribution in [0.3, 0.4) is 0 Å². The third kappa shape index (κ3) is 5.41. The number of aryl methyl sites for hydroxylation is 1. The number of piperidine rings is 1. The van der Waals surface area contributed by atoms with E-state index in [0.717, 1.165) is 48.7 Å². The number of piperazine rings is 1. The molecule has 0 bridgehead atoms. The van der Waals surface area contributed by atoms with Crippen molar-refractivity contribution in [1.82, 2.24) is 20.0 Å². The summed E-state index contributed by atoms with van der Waals surface area (Å²) in [5.41, 5.74) is 3.05. The number of anilines is 1. The van der Waals surface area contributed by atoms with Crippen molar-refractivity contribution < 1.29 is 19.5 Å². The van der Waals surface area contributed by atoms with Gasteiger partial charge in [-0.05, 0) is 43.4 Å². The number of carbonyl (C=O) groups excluding carboxylic acids is 2. The molecule has 9 heteroatoms. The van der Waals surface area contributed by atoms with Crippen LogP contribution in [0.1, 0.15) is 56.6 Å². The third-order valence-corrected chi connectivity index (χ3v) is 7.41. The summed E-state index contributed by atoms with van der Waals surface area (Å²) in [6.07, 6.45) is 7.97. The second-order valence-corrected chi connectivity index (χ2v) is 9.61. The zero-order chi connectivity index (χ0) is 24.1. The SMILES string of the molecule is Cn1nc(C2CCC(=O)NC2=O)c2ccc(N3CCN(CC4CCCCC4)CC3)cc21.O=CO. The van der Waals surface area contributed by atoms with Gasteiger partial charge in [-0.15, -0.1) is 0 Å². The fourth-order valence-corrected chi connectivity index (χ4v) is 5.61. The van der Waals surface area contributed by atoms with Crippen LogP contribution in [0.15, 0.2) is 18.2 Å². The lowest BCUT2D eigenvalue weighted by molar-refractivity contribution is -0.134. The maximum atomic E-state index is 12.4. The van der Waals surface area contributed by atoms with Gasteiger partial charge in [-0.25, -0.2) is 0 Å². The number of hydrogen-bond acceptors (Lipinski definition) is 6. The molecule has 0 spiro atoms. The van der Waals surface area contributed by atoms with Crippen LogP contribution in [0.5, 0.6) is 0 Å². The monoisotopic (exact) mass is 469 g/mol. The quantitative estimate of drug-likeness (QED) is 0.523. The molecule has 1 unspecified atom stereocenters. The smallest absolute Gasteiger partial charge is 0.290 e. The Hall–Kier alpha value is -2.94. The van der Waals surface area contributed by atoms with E-state index in [2.05, 4.69) is 38.4 Å². The van der Waals surface area contributed by atoms with E-state index in [1.54, 1.807) is 0 Å². The van der Waals surface area contributed by atoms with Crippen molar-refractivity contribution in [3.63, 3.8) is 0 Å². The van der Waals surface area contributed by atoms with E-state index in [1.807, 2.05) is 11.7 Å². The van der Waals surface area contributed by atoms with Crippen LogP contribution in [0, 0.1) is 5.92 Å². The molecule has 1 aromatic heterocycles.